The maximum Gasteiger partial charge on any atom is 0.194 e. The van der Waals surface area contributed by atoms with Crippen molar-refractivity contribution in [2.45, 2.75) is 13.5 Å². The van der Waals surface area contributed by atoms with Crippen LogP contribution >= 0.6 is 22.9 Å². The first kappa shape index (κ1) is 17.0. The molecular weight excluding hydrogens is 342 g/mol. The molecule has 3 rings (SSSR count). The number of piperazine rings is 1. The number of rotatable bonds is 3. The van der Waals surface area contributed by atoms with Crippen LogP contribution in [0.3, 0.4) is 0 Å². The number of aliphatic imine (C=N–C) groups is 1. The van der Waals surface area contributed by atoms with Gasteiger partial charge in [0.25, 0.3) is 0 Å². The summed E-state index contributed by atoms with van der Waals surface area (Å²) in [5.74, 6) is 0.932. The van der Waals surface area contributed by atoms with Crippen molar-refractivity contribution in [3.63, 3.8) is 0 Å². The van der Waals surface area contributed by atoms with Crippen molar-refractivity contribution in [2.24, 2.45) is 4.99 Å². The number of para-hydroxylation sites is 1. The van der Waals surface area contributed by atoms with Crippen LogP contribution in [0, 0.1) is 6.92 Å². The Labute approximate surface area is 152 Å². The van der Waals surface area contributed by atoms with E-state index in [0.29, 0.717) is 0 Å². The van der Waals surface area contributed by atoms with Crippen LogP contribution in [0.15, 0.2) is 35.5 Å². The summed E-state index contributed by atoms with van der Waals surface area (Å²) in [5, 5.41) is 5.31. The minimum atomic E-state index is 0.718. The number of nitrogens with one attached hydrogen (secondary N) is 1. The zero-order valence-electron chi connectivity index (χ0n) is 14.0. The summed E-state index contributed by atoms with van der Waals surface area (Å²) in [4.78, 5) is 14.6. The van der Waals surface area contributed by atoms with E-state index in [-0.39, 0.29) is 0 Å². The molecule has 0 amide bonds. The van der Waals surface area contributed by atoms with Gasteiger partial charge in [-0.05, 0) is 19.1 Å². The molecule has 1 N–H and O–H groups in total. The first-order chi connectivity index (χ1) is 11.7. The Kier molecular flexibility index (Phi) is 5.58. The Hall–Kier alpha value is -1.79. The molecule has 0 spiro atoms. The number of hydrogen-bond acceptors (Lipinski definition) is 4. The van der Waals surface area contributed by atoms with Crippen LogP contribution in [0.5, 0.6) is 0 Å². The fraction of sp³-hybridized carbons (Fsp3) is 0.412. The van der Waals surface area contributed by atoms with Crippen molar-refractivity contribution in [2.75, 3.05) is 38.1 Å². The number of guanidine groups is 1. The molecule has 0 atom stereocenters. The molecule has 1 aliphatic heterocycles. The van der Waals surface area contributed by atoms with Gasteiger partial charge in [0, 0.05) is 44.3 Å². The van der Waals surface area contributed by atoms with Crippen LogP contribution in [0.25, 0.3) is 0 Å². The van der Waals surface area contributed by atoms with Crippen molar-refractivity contribution >= 4 is 34.6 Å². The summed E-state index contributed by atoms with van der Waals surface area (Å²) in [5.41, 5.74) is 1.11. The van der Waals surface area contributed by atoms with Gasteiger partial charge < -0.3 is 15.1 Å². The van der Waals surface area contributed by atoms with E-state index >= 15 is 0 Å². The zero-order chi connectivity index (χ0) is 16.9. The van der Waals surface area contributed by atoms with E-state index in [0.717, 1.165) is 54.4 Å². The van der Waals surface area contributed by atoms with Crippen LogP contribution in [0.4, 0.5) is 5.69 Å². The molecule has 0 bridgehead atoms. The molecule has 1 saturated heterocycles. The fourth-order valence-electron chi connectivity index (χ4n) is 2.84. The van der Waals surface area contributed by atoms with Crippen LogP contribution in [0.2, 0.25) is 5.02 Å². The van der Waals surface area contributed by atoms with E-state index in [1.165, 1.54) is 4.88 Å². The van der Waals surface area contributed by atoms with E-state index in [9.17, 15) is 0 Å². The molecule has 0 aliphatic carbocycles. The van der Waals surface area contributed by atoms with Gasteiger partial charge in [0.05, 0.1) is 17.3 Å². The Morgan fingerprint density at radius 1 is 1.29 bits per heavy atom. The second-order valence-electron chi connectivity index (χ2n) is 5.69. The van der Waals surface area contributed by atoms with Crippen molar-refractivity contribution < 1.29 is 0 Å². The lowest BCUT2D eigenvalue weighted by Crippen LogP contribution is -2.52. The number of nitrogens with zero attached hydrogens (tertiary/aromatic N) is 4. The monoisotopic (exact) mass is 363 g/mol. The molecule has 24 heavy (non-hydrogen) atoms. The molecule has 1 aliphatic rings. The number of benzene rings is 1. The summed E-state index contributed by atoms with van der Waals surface area (Å²) in [6.45, 7) is 6.49. The first-order valence-corrected chi connectivity index (χ1v) is 9.23. The highest BCUT2D eigenvalue weighted by atomic mass is 35.5. The predicted octanol–water partition coefficient (Wildman–Crippen LogP) is 3.00. The largest absolute Gasteiger partial charge is 0.367 e. The smallest absolute Gasteiger partial charge is 0.194 e. The summed E-state index contributed by atoms with van der Waals surface area (Å²) in [6, 6.07) is 8.02. The lowest BCUT2D eigenvalue weighted by atomic mass is 10.2. The number of anilines is 1. The summed E-state index contributed by atoms with van der Waals surface area (Å²) < 4.78 is 0. The standard InChI is InChI=1S/C17H22ClN5S/c1-13-11-20-16(24-13)12-21-17(19-2)23-9-7-22(8-10-23)15-6-4-3-5-14(15)18/h3-6,11H,7-10,12H2,1-2H3,(H,19,21). The molecule has 1 aromatic carbocycles. The van der Waals surface area contributed by atoms with Gasteiger partial charge >= 0.3 is 0 Å². The lowest BCUT2D eigenvalue weighted by Gasteiger charge is -2.38. The molecule has 128 valence electrons. The molecule has 0 saturated carbocycles. The number of aromatic nitrogens is 1. The minimum absolute atomic E-state index is 0.718. The molecule has 5 nitrogen and oxygen atoms in total. The van der Waals surface area contributed by atoms with E-state index in [2.05, 4.69) is 38.1 Å². The van der Waals surface area contributed by atoms with Gasteiger partial charge in [0.2, 0.25) is 0 Å². The predicted molar refractivity (Wildman–Crippen MR) is 102 cm³/mol. The highest BCUT2D eigenvalue weighted by molar-refractivity contribution is 7.11. The second-order valence-corrected chi connectivity index (χ2v) is 7.42. The maximum atomic E-state index is 6.31. The Balaban J connectivity index is 1.55. The summed E-state index contributed by atoms with van der Waals surface area (Å²) >= 11 is 8.02. The van der Waals surface area contributed by atoms with Crippen molar-refractivity contribution in [1.82, 2.24) is 15.2 Å². The van der Waals surface area contributed by atoms with E-state index in [4.69, 9.17) is 11.6 Å². The van der Waals surface area contributed by atoms with Gasteiger partial charge in [-0.3, -0.25) is 4.99 Å². The molecule has 1 aromatic heterocycles. The molecule has 0 radical (unpaired) electrons. The Morgan fingerprint density at radius 2 is 2.04 bits per heavy atom. The first-order valence-electron chi connectivity index (χ1n) is 8.04. The van der Waals surface area contributed by atoms with Gasteiger partial charge in [-0.1, -0.05) is 23.7 Å². The Morgan fingerprint density at radius 3 is 2.67 bits per heavy atom. The third-order valence-corrected chi connectivity index (χ3v) is 5.28. The van der Waals surface area contributed by atoms with Gasteiger partial charge in [0.1, 0.15) is 5.01 Å². The van der Waals surface area contributed by atoms with Crippen LogP contribution in [-0.4, -0.2) is 49.1 Å². The average molecular weight is 364 g/mol. The van der Waals surface area contributed by atoms with Crippen molar-refractivity contribution in [3.8, 4) is 0 Å². The number of halogens is 1. The fourth-order valence-corrected chi connectivity index (χ4v) is 3.82. The molecule has 2 heterocycles. The highest BCUT2D eigenvalue weighted by Gasteiger charge is 2.21. The zero-order valence-corrected chi connectivity index (χ0v) is 15.6. The van der Waals surface area contributed by atoms with E-state index in [1.807, 2.05) is 31.4 Å². The van der Waals surface area contributed by atoms with Gasteiger partial charge in [-0.25, -0.2) is 4.98 Å². The van der Waals surface area contributed by atoms with Crippen LogP contribution in [-0.2, 0) is 6.54 Å². The average Bonchev–Trinajstić information content (AvgIpc) is 3.02. The van der Waals surface area contributed by atoms with Gasteiger partial charge in [-0.15, -0.1) is 11.3 Å². The van der Waals surface area contributed by atoms with Crippen molar-refractivity contribution in [3.05, 3.63) is 45.4 Å². The van der Waals surface area contributed by atoms with E-state index < -0.39 is 0 Å². The number of thiazole rings is 1. The van der Waals surface area contributed by atoms with E-state index in [1.54, 1.807) is 11.3 Å². The maximum absolute atomic E-state index is 6.31. The summed E-state index contributed by atoms with van der Waals surface area (Å²) in [7, 11) is 1.83. The summed E-state index contributed by atoms with van der Waals surface area (Å²) in [6.07, 6.45) is 1.91. The SMILES string of the molecule is CN=C(NCc1ncc(C)s1)N1CCN(c2ccccc2Cl)CC1. The normalized spacial score (nSPS) is 15.7. The quantitative estimate of drug-likeness (QED) is 0.672. The van der Waals surface area contributed by atoms with Crippen LogP contribution < -0.4 is 10.2 Å². The second kappa shape index (κ2) is 7.85. The molecule has 1 fully saturated rings. The van der Waals surface area contributed by atoms with Crippen molar-refractivity contribution in [1.29, 1.82) is 0 Å². The lowest BCUT2D eigenvalue weighted by molar-refractivity contribution is 0.372. The van der Waals surface area contributed by atoms with Gasteiger partial charge in [0.15, 0.2) is 5.96 Å². The third kappa shape index (κ3) is 3.99. The van der Waals surface area contributed by atoms with Crippen LogP contribution in [0.1, 0.15) is 9.88 Å². The highest BCUT2D eigenvalue weighted by Crippen LogP contribution is 2.26. The Bertz CT molecular complexity index is 707. The molecular formula is C17H22ClN5S. The topological polar surface area (TPSA) is 43.8 Å². The number of hydrogen-bond donors (Lipinski definition) is 1. The molecule has 7 heteroatoms. The molecule has 0 unspecified atom stereocenters. The minimum Gasteiger partial charge on any atom is -0.367 e. The van der Waals surface area contributed by atoms with Gasteiger partial charge in [-0.2, -0.15) is 0 Å². The number of aryl methyl sites for hydroxylation is 1. The third-order valence-electron chi connectivity index (χ3n) is 4.05. The molecule has 2 aromatic rings.